The number of hydrogen-bond donors (Lipinski definition) is 0. The number of hydrogen-bond acceptors (Lipinski definition) is 9. The van der Waals surface area contributed by atoms with Gasteiger partial charge >= 0.3 is 17.9 Å². The standard InChI is InChI=1S/C36H37NO8/c1-3-34(38)43-25-7-5-23-41-31-16-9-28(10-17-31)13-22-36(40)45-33-20-14-30(15-21-33)37-27-29-11-18-32(19-12-29)42-24-6-8-26-44-35(39)4-2/h3-4,9-22,27H,1-2,5-8,23-26H2/b22-13+,37-27+. The summed E-state index contributed by atoms with van der Waals surface area (Å²) in [7, 11) is 0. The lowest BCUT2D eigenvalue weighted by Gasteiger charge is -2.06. The predicted molar refractivity (Wildman–Crippen MR) is 173 cm³/mol. The first-order valence-electron chi connectivity index (χ1n) is 14.5. The van der Waals surface area contributed by atoms with Crippen molar-refractivity contribution in [3.63, 3.8) is 0 Å². The third kappa shape index (κ3) is 14.1. The summed E-state index contributed by atoms with van der Waals surface area (Å²) < 4.78 is 26.6. The molecule has 0 unspecified atom stereocenters. The van der Waals surface area contributed by atoms with Crippen LogP contribution in [0.15, 0.2) is 109 Å². The van der Waals surface area contributed by atoms with Gasteiger partial charge in [-0.1, -0.05) is 25.3 Å². The zero-order valence-electron chi connectivity index (χ0n) is 25.1. The minimum Gasteiger partial charge on any atom is -0.494 e. The van der Waals surface area contributed by atoms with Crippen LogP contribution < -0.4 is 14.2 Å². The van der Waals surface area contributed by atoms with Crippen molar-refractivity contribution in [1.82, 2.24) is 0 Å². The number of benzene rings is 3. The lowest BCUT2D eigenvalue weighted by molar-refractivity contribution is -0.138. The van der Waals surface area contributed by atoms with Crippen LogP contribution in [0.4, 0.5) is 5.69 Å². The molecule has 9 heteroatoms. The topological polar surface area (TPSA) is 110 Å². The molecule has 3 aromatic carbocycles. The van der Waals surface area contributed by atoms with Crippen molar-refractivity contribution < 1.29 is 38.1 Å². The van der Waals surface area contributed by atoms with Gasteiger partial charge in [-0.05, 0) is 104 Å². The van der Waals surface area contributed by atoms with Crippen molar-refractivity contribution in [3.8, 4) is 17.2 Å². The zero-order chi connectivity index (χ0) is 32.1. The molecule has 3 aromatic rings. The molecule has 9 nitrogen and oxygen atoms in total. The Morgan fingerprint density at radius 2 is 1.04 bits per heavy atom. The second kappa shape index (κ2) is 19.7. The molecule has 0 atom stereocenters. The van der Waals surface area contributed by atoms with E-state index in [2.05, 4.69) is 18.2 Å². The molecular weight excluding hydrogens is 574 g/mol. The van der Waals surface area contributed by atoms with Crippen molar-refractivity contribution in [1.29, 1.82) is 0 Å². The summed E-state index contributed by atoms with van der Waals surface area (Å²) >= 11 is 0. The van der Waals surface area contributed by atoms with Crippen LogP contribution in [0, 0.1) is 0 Å². The Labute approximate surface area is 263 Å². The van der Waals surface area contributed by atoms with E-state index in [1.807, 2.05) is 48.5 Å². The third-order valence-corrected chi connectivity index (χ3v) is 6.03. The number of esters is 3. The lowest BCUT2D eigenvalue weighted by atomic mass is 10.2. The van der Waals surface area contributed by atoms with Crippen LogP contribution in [0.25, 0.3) is 6.08 Å². The molecule has 0 bridgehead atoms. The van der Waals surface area contributed by atoms with Gasteiger partial charge in [0, 0.05) is 24.4 Å². The van der Waals surface area contributed by atoms with E-state index in [1.165, 1.54) is 6.08 Å². The van der Waals surface area contributed by atoms with Gasteiger partial charge in [0.15, 0.2) is 0 Å². The molecule has 0 amide bonds. The molecule has 0 spiro atoms. The van der Waals surface area contributed by atoms with Crippen molar-refractivity contribution >= 4 is 35.9 Å². The minimum atomic E-state index is -0.498. The fourth-order valence-electron chi connectivity index (χ4n) is 3.64. The van der Waals surface area contributed by atoms with E-state index in [0.717, 1.165) is 41.9 Å². The van der Waals surface area contributed by atoms with Gasteiger partial charge in [0.25, 0.3) is 0 Å². The van der Waals surface area contributed by atoms with Crippen LogP contribution in [-0.4, -0.2) is 50.6 Å². The Bertz CT molecular complexity index is 1440. The van der Waals surface area contributed by atoms with Crippen LogP contribution in [0.5, 0.6) is 17.2 Å². The fourth-order valence-corrected chi connectivity index (χ4v) is 3.64. The second-order valence-corrected chi connectivity index (χ2v) is 9.50. The molecule has 0 saturated carbocycles. The highest BCUT2D eigenvalue weighted by Crippen LogP contribution is 2.20. The van der Waals surface area contributed by atoms with E-state index >= 15 is 0 Å². The highest BCUT2D eigenvalue weighted by Gasteiger charge is 2.02. The van der Waals surface area contributed by atoms with Gasteiger partial charge in [0.1, 0.15) is 17.2 Å². The largest absolute Gasteiger partial charge is 0.494 e. The molecule has 234 valence electrons. The SMILES string of the molecule is C=CC(=O)OCCCCOc1ccc(/C=C/C(=O)Oc2ccc(/N=C/c3ccc(OCCCCOC(=O)C=C)cc3)cc2)cc1. The summed E-state index contributed by atoms with van der Waals surface area (Å²) in [6.07, 6.45) is 9.98. The third-order valence-electron chi connectivity index (χ3n) is 6.03. The number of aliphatic imine (C=N–C) groups is 1. The molecule has 0 aliphatic carbocycles. The quantitative estimate of drug-likeness (QED) is 0.0477. The van der Waals surface area contributed by atoms with Gasteiger partial charge in [-0.25, -0.2) is 14.4 Å². The minimum absolute atomic E-state index is 0.334. The van der Waals surface area contributed by atoms with Crippen LogP contribution >= 0.6 is 0 Å². The smallest absolute Gasteiger partial charge is 0.336 e. The molecule has 0 aliphatic heterocycles. The molecule has 0 saturated heterocycles. The summed E-state index contributed by atoms with van der Waals surface area (Å²) in [6.45, 7) is 8.41. The molecular formula is C36H37NO8. The van der Waals surface area contributed by atoms with Gasteiger partial charge in [-0.3, -0.25) is 4.99 Å². The number of carbonyl (C=O) groups excluding carboxylic acids is 3. The zero-order valence-corrected chi connectivity index (χ0v) is 25.1. The molecule has 0 aliphatic rings. The van der Waals surface area contributed by atoms with E-state index in [0.29, 0.717) is 56.5 Å². The van der Waals surface area contributed by atoms with Crippen molar-refractivity contribution in [2.75, 3.05) is 26.4 Å². The number of carbonyl (C=O) groups is 3. The number of unbranched alkanes of at least 4 members (excludes halogenated alkanes) is 2. The average molecular weight is 612 g/mol. The Morgan fingerprint density at radius 3 is 1.56 bits per heavy atom. The molecule has 0 aromatic heterocycles. The molecule has 0 radical (unpaired) electrons. The Morgan fingerprint density at radius 1 is 0.578 bits per heavy atom. The molecule has 0 heterocycles. The van der Waals surface area contributed by atoms with Crippen molar-refractivity contribution in [3.05, 3.63) is 115 Å². The van der Waals surface area contributed by atoms with Crippen LogP contribution in [0.2, 0.25) is 0 Å². The Kier molecular flexibility index (Phi) is 14.9. The summed E-state index contributed by atoms with van der Waals surface area (Å²) in [6, 6.07) is 21.8. The predicted octanol–water partition coefficient (Wildman–Crippen LogP) is 6.83. The van der Waals surface area contributed by atoms with E-state index in [-0.39, 0.29) is 0 Å². The highest BCUT2D eigenvalue weighted by molar-refractivity contribution is 5.89. The fraction of sp³-hybridized carbons (Fsp3) is 0.222. The van der Waals surface area contributed by atoms with Crippen molar-refractivity contribution in [2.24, 2.45) is 4.99 Å². The maximum atomic E-state index is 12.3. The van der Waals surface area contributed by atoms with Gasteiger partial charge < -0.3 is 23.7 Å². The van der Waals surface area contributed by atoms with Gasteiger partial charge in [-0.2, -0.15) is 0 Å². The van der Waals surface area contributed by atoms with Crippen LogP contribution in [-0.2, 0) is 23.9 Å². The first-order chi connectivity index (χ1) is 21.9. The van der Waals surface area contributed by atoms with E-state index in [1.54, 1.807) is 36.6 Å². The first-order valence-corrected chi connectivity index (χ1v) is 14.5. The first kappa shape index (κ1) is 34.1. The molecule has 3 rings (SSSR count). The lowest BCUT2D eigenvalue weighted by Crippen LogP contribution is -2.04. The maximum Gasteiger partial charge on any atom is 0.336 e. The normalized spacial score (nSPS) is 10.8. The maximum absolute atomic E-state index is 12.3. The summed E-state index contributed by atoms with van der Waals surface area (Å²) in [5.41, 5.74) is 2.44. The molecule has 0 N–H and O–H groups in total. The van der Waals surface area contributed by atoms with Gasteiger partial charge in [-0.15, -0.1) is 0 Å². The molecule has 45 heavy (non-hydrogen) atoms. The summed E-state index contributed by atoms with van der Waals surface area (Å²) in [4.78, 5) is 38.7. The average Bonchev–Trinajstić information content (AvgIpc) is 3.07. The Balaban J connectivity index is 1.35. The number of rotatable bonds is 19. The number of ether oxygens (including phenoxy) is 5. The Hall–Kier alpha value is -5.44. The monoisotopic (exact) mass is 611 g/mol. The highest BCUT2D eigenvalue weighted by atomic mass is 16.5. The second-order valence-electron chi connectivity index (χ2n) is 9.50. The number of nitrogens with zero attached hydrogens (tertiary/aromatic N) is 1. The van der Waals surface area contributed by atoms with Gasteiger partial charge in [0.05, 0.1) is 32.1 Å². The van der Waals surface area contributed by atoms with E-state index in [4.69, 9.17) is 23.7 Å². The summed E-state index contributed by atoms with van der Waals surface area (Å²) in [5.74, 6) is 0.523. The van der Waals surface area contributed by atoms with Gasteiger partial charge in [0.2, 0.25) is 0 Å². The van der Waals surface area contributed by atoms with Crippen molar-refractivity contribution in [2.45, 2.75) is 25.7 Å². The summed E-state index contributed by atoms with van der Waals surface area (Å²) in [5, 5.41) is 0. The van der Waals surface area contributed by atoms with E-state index in [9.17, 15) is 14.4 Å². The molecule has 0 fully saturated rings. The van der Waals surface area contributed by atoms with Crippen LogP contribution in [0.1, 0.15) is 36.8 Å². The van der Waals surface area contributed by atoms with Crippen LogP contribution in [0.3, 0.4) is 0 Å². The van der Waals surface area contributed by atoms with E-state index < -0.39 is 17.9 Å².